The van der Waals surface area contributed by atoms with Crippen LogP contribution in [0.4, 0.5) is 0 Å². The van der Waals surface area contributed by atoms with Crippen LogP contribution in [0.25, 0.3) is 0 Å². The van der Waals surface area contributed by atoms with E-state index < -0.39 is 0 Å². The molecule has 0 aliphatic heterocycles. The summed E-state index contributed by atoms with van der Waals surface area (Å²) in [6, 6.07) is 0. The Kier molecular flexibility index (Phi) is 7.57. The van der Waals surface area contributed by atoms with E-state index >= 15 is 0 Å². The summed E-state index contributed by atoms with van der Waals surface area (Å²) < 4.78 is 4.87. The van der Waals surface area contributed by atoms with Crippen LogP contribution < -0.4 is 0 Å². The van der Waals surface area contributed by atoms with Gasteiger partial charge in [-0.1, -0.05) is 11.8 Å². The molecule has 0 spiro atoms. The third-order valence-electron chi connectivity index (χ3n) is 0.600. The molecule has 9 heavy (non-hydrogen) atoms. The smallest absolute Gasteiger partial charge is 0.107 e. The predicted molar refractivity (Wildman–Crippen MR) is 36.4 cm³/mol. The molecule has 0 aromatic heterocycles. The normalized spacial score (nSPS) is 8.22. The molecule has 3 heteroatoms. The fourth-order valence-electron chi connectivity index (χ4n) is 0.285. The molecule has 0 aliphatic carbocycles. The highest BCUT2D eigenvalue weighted by molar-refractivity contribution is 6.17. The van der Waals surface area contributed by atoms with Crippen molar-refractivity contribution in [3.63, 3.8) is 0 Å². The highest BCUT2D eigenvalue weighted by Crippen LogP contribution is 1.76. The van der Waals surface area contributed by atoms with Gasteiger partial charge in [0.15, 0.2) is 0 Å². The summed E-state index contributed by atoms with van der Waals surface area (Å²) >= 11 is 5.29. The molecule has 0 bridgehead atoms. The van der Waals surface area contributed by atoms with E-state index in [1.807, 2.05) is 0 Å². The van der Waals surface area contributed by atoms with Gasteiger partial charge in [-0.05, 0) is 0 Å². The second kappa shape index (κ2) is 7.77. The predicted octanol–water partition coefficient (Wildman–Crippen LogP) is 0.237. The monoisotopic (exact) mass is 148 g/mol. The van der Waals surface area contributed by atoms with Gasteiger partial charge in [-0.3, -0.25) is 0 Å². The second-order valence-corrected chi connectivity index (χ2v) is 1.63. The quantitative estimate of drug-likeness (QED) is 0.353. The van der Waals surface area contributed by atoms with Gasteiger partial charge in [0, 0.05) is 5.88 Å². The van der Waals surface area contributed by atoms with Gasteiger partial charge in [0.1, 0.15) is 13.2 Å². The lowest BCUT2D eigenvalue weighted by Crippen LogP contribution is -1.94. The van der Waals surface area contributed by atoms with E-state index in [4.69, 9.17) is 21.4 Å². The third-order valence-corrected chi connectivity index (χ3v) is 0.754. The Morgan fingerprint density at radius 3 is 2.78 bits per heavy atom. The first-order chi connectivity index (χ1) is 4.41. The Bertz CT molecular complexity index is 103. The molecule has 0 atom stereocenters. The topological polar surface area (TPSA) is 29.5 Å². The molecule has 52 valence electrons. The third kappa shape index (κ3) is 7.77. The van der Waals surface area contributed by atoms with E-state index in [0.717, 1.165) is 0 Å². The van der Waals surface area contributed by atoms with Gasteiger partial charge in [-0.25, -0.2) is 0 Å². The van der Waals surface area contributed by atoms with Crippen LogP contribution in [0, 0.1) is 11.8 Å². The van der Waals surface area contributed by atoms with Gasteiger partial charge in [0.2, 0.25) is 0 Å². The van der Waals surface area contributed by atoms with Gasteiger partial charge in [0.25, 0.3) is 0 Å². The lowest BCUT2D eigenvalue weighted by Gasteiger charge is -1.90. The summed E-state index contributed by atoms with van der Waals surface area (Å²) in [4.78, 5) is 0. The molecule has 1 N–H and O–H groups in total. The summed E-state index contributed by atoms with van der Waals surface area (Å²) in [7, 11) is 0. The molecule has 0 heterocycles. The number of hydrogen-bond donors (Lipinski definition) is 1. The maximum Gasteiger partial charge on any atom is 0.107 e. The molecule has 0 aromatic rings. The lowest BCUT2D eigenvalue weighted by atomic mass is 10.6. The van der Waals surface area contributed by atoms with Gasteiger partial charge < -0.3 is 9.84 Å². The summed E-state index contributed by atoms with van der Waals surface area (Å²) in [5, 5.41) is 8.17. The minimum atomic E-state index is -0.107. The minimum absolute atomic E-state index is 0.107. The van der Waals surface area contributed by atoms with Crippen molar-refractivity contribution in [1.29, 1.82) is 0 Å². The molecular weight excluding hydrogens is 140 g/mol. The van der Waals surface area contributed by atoms with Gasteiger partial charge >= 0.3 is 0 Å². The van der Waals surface area contributed by atoms with E-state index in [2.05, 4.69) is 11.8 Å². The van der Waals surface area contributed by atoms with Crippen LogP contribution in [0.3, 0.4) is 0 Å². The number of halogens is 1. The van der Waals surface area contributed by atoms with Crippen LogP contribution >= 0.6 is 11.6 Å². The van der Waals surface area contributed by atoms with Crippen LogP contribution in [-0.2, 0) is 4.74 Å². The Hall–Kier alpha value is -0.230. The van der Waals surface area contributed by atoms with Crippen molar-refractivity contribution < 1.29 is 9.84 Å². The Morgan fingerprint density at radius 2 is 2.22 bits per heavy atom. The molecule has 0 saturated heterocycles. The highest BCUT2D eigenvalue weighted by atomic mass is 35.5. The van der Waals surface area contributed by atoms with Crippen LogP contribution in [0.2, 0.25) is 0 Å². The van der Waals surface area contributed by atoms with Crippen molar-refractivity contribution in [3.8, 4) is 11.8 Å². The van der Waals surface area contributed by atoms with Crippen molar-refractivity contribution in [1.82, 2.24) is 0 Å². The largest absolute Gasteiger partial charge is 0.384 e. The Balaban J connectivity index is 2.90. The van der Waals surface area contributed by atoms with Crippen LogP contribution in [0.15, 0.2) is 0 Å². The first-order valence-electron chi connectivity index (χ1n) is 2.62. The number of aliphatic hydroxyl groups is 1. The molecule has 0 rings (SSSR count). The maximum absolute atomic E-state index is 8.17. The molecule has 0 amide bonds. The number of aliphatic hydroxyl groups excluding tert-OH is 1. The maximum atomic E-state index is 8.17. The summed E-state index contributed by atoms with van der Waals surface area (Å²) in [5.41, 5.74) is 0. The summed E-state index contributed by atoms with van der Waals surface area (Å²) in [6.45, 7) is 0.763. The van der Waals surface area contributed by atoms with Crippen molar-refractivity contribution in [2.75, 3.05) is 25.7 Å². The average Bonchev–Trinajstić information content (AvgIpc) is 1.89. The Labute approximate surface area is 59.8 Å². The molecular formula is C6H9ClO2. The number of alkyl halides is 1. The fourth-order valence-corrected chi connectivity index (χ4v) is 0.394. The zero-order valence-electron chi connectivity index (χ0n) is 5.06. The van der Waals surface area contributed by atoms with E-state index in [-0.39, 0.29) is 6.61 Å². The second-order valence-electron chi connectivity index (χ2n) is 1.25. The van der Waals surface area contributed by atoms with Crippen LogP contribution in [0.5, 0.6) is 0 Å². The molecule has 0 unspecified atom stereocenters. The minimum Gasteiger partial charge on any atom is -0.384 e. The van der Waals surface area contributed by atoms with Gasteiger partial charge in [-0.15, -0.1) is 11.6 Å². The lowest BCUT2D eigenvalue weighted by molar-refractivity contribution is 0.184. The van der Waals surface area contributed by atoms with Crippen molar-refractivity contribution in [3.05, 3.63) is 0 Å². The van der Waals surface area contributed by atoms with Gasteiger partial charge in [-0.2, -0.15) is 0 Å². The van der Waals surface area contributed by atoms with Crippen LogP contribution in [-0.4, -0.2) is 30.8 Å². The zero-order valence-corrected chi connectivity index (χ0v) is 5.82. The van der Waals surface area contributed by atoms with E-state index in [1.54, 1.807) is 0 Å². The fraction of sp³-hybridized carbons (Fsp3) is 0.667. The molecule has 0 aliphatic rings. The highest BCUT2D eigenvalue weighted by Gasteiger charge is 1.78. The van der Waals surface area contributed by atoms with E-state index in [0.29, 0.717) is 19.1 Å². The van der Waals surface area contributed by atoms with Crippen LogP contribution in [0.1, 0.15) is 0 Å². The first kappa shape index (κ1) is 8.77. The molecule has 2 nitrogen and oxygen atoms in total. The van der Waals surface area contributed by atoms with E-state index in [9.17, 15) is 0 Å². The van der Waals surface area contributed by atoms with E-state index in [1.165, 1.54) is 0 Å². The number of ether oxygens (including phenoxy) is 1. The SMILES string of the molecule is OCC#CCOCCCl. The summed E-state index contributed by atoms with van der Waals surface area (Å²) in [5.74, 6) is 5.52. The van der Waals surface area contributed by atoms with Gasteiger partial charge in [0.05, 0.1) is 6.61 Å². The number of hydrogen-bond acceptors (Lipinski definition) is 2. The standard InChI is InChI=1S/C6H9ClO2/c7-3-6-9-5-2-1-4-8/h8H,3-6H2. The first-order valence-corrected chi connectivity index (χ1v) is 3.15. The Morgan fingerprint density at radius 1 is 1.44 bits per heavy atom. The molecule has 0 aromatic carbocycles. The van der Waals surface area contributed by atoms with Crippen molar-refractivity contribution in [2.24, 2.45) is 0 Å². The zero-order chi connectivity index (χ0) is 6.95. The average molecular weight is 149 g/mol. The molecule has 0 saturated carbocycles. The van der Waals surface area contributed by atoms with Crippen molar-refractivity contribution >= 4 is 11.6 Å². The summed E-state index contributed by atoms with van der Waals surface area (Å²) in [6.07, 6.45) is 0. The molecule has 0 radical (unpaired) electrons. The number of rotatable bonds is 3. The van der Waals surface area contributed by atoms with Crippen molar-refractivity contribution in [2.45, 2.75) is 0 Å². The molecule has 0 fully saturated rings.